The predicted octanol–water partition coefficient (Wildman–Crippen LogP) is 2.45. The van der Waals surface area contributed by atoms with Crippen LogP contribution in [-0.4, -0.2) is 52.4 Å². The Morgan fingerprint density at radius 1 is 1.14 bits per heavy atom. The molecule has 154 valence electrons. The molecule has 4 rings (SSSR count). The first-order chi connectivity index (χ1) is 14.0. The van der Waals surface area contributed by atoms with Crippen molar-refractivity contribution in [2.24, 2.45) is 0 Å². The van der Waals surface area contributed by atoms with Crippen molar-refractivity contribution in [2.45, 2.75) is 44.7 Å². The van der Waals surface area contributed by atoms with Crippen molar-refractivity contribution in [1.29, 1.82) is 0 Å². The van der Waals surface area contributed by atoms with E-state index >= 15 is 0 Å². The number of aryl methyl sites for hydroxylation is 1. The molecule has 1 amide bonds. The van der Waals surface area contributed by atoms with Crippen LogP contribution in [0.4, 0.5) is 0 Å². The van der Waals surface area contributed by atoms with E-state index in [1.807, 2.05) is 10.7 Å². The number of methoxy groups -OCH3 is 2. The van der Waals surface area contributed by atoms with Gasteiger partial charge in [0, 0.05) is 13.1 Å². The van der Waals surface area contributed by atoms with Crippen molar-refractivity contribution in [3.05, 3.63) is 40.7 Å². The fourth-order valence-corrected chi connectivity index (χ4v) is 4.41. The summed E-state index contributed by atoms with van der Waals surface area (Å²) in [6.45, 7) is 1.27. The van der Waals surface area contributed by atoms with Gasteiger partial charge in [-0.25, -0.2) is 0 Å². The molecule has 1 aromatic heterocycles. The highest BCUT2D eigenvalue weighted by Gasteiger charge is 2.35. The van der Waals surface area contributed by atoms with Gasteiger partial charge in [0.2, 0.25) is 0 Å². The maximum absolute atomic E-state index is 13.4. The highest BCUT2D eigenvalue weighted by molar-refractivity contribution is 5.96. The third-order valence-electron chi connectivity index (χ3n) is 5.84. The van der Waals surface area contributed by atoms with Gasteiger partial charge in [0.1, 0.15) is 0 Å². The highest BCUT2D eigenvalue weighted by Crippen LogP contribution is 2.40. The second-order valence-corrected chi connectivity index (χ2v) is 7.45. The number of amides is 1. The average molecular weight is 399 g/mol. The van der Waals surface area contributed by atoms with Gasteiger partial charge in [-0.3, -0.25) is 14.3 Å². The lowest BCUT2D eigenvalue weighted by Gasteiger charge is -2.37. The summed E-state index contributed by atoms with van der Waals surface area (Å²) < 4.78 is 12.7. The van der Waals surface area contributed by atoms with Gasteiger partial charge >= 0.3 is 5.97 Å². The highest BCUT2D eigenvalue weighted by atomic mass is 16.5. The topological polar surface area (TPSA) is 93.9 Å². The molecule has 1 atom stereocenters. The number of carboxylic acid groups (broad SMARTS) is 1. The molecule has 0 spiro atoms. The minimum Gasteiger partial charge on any atom is -0.493 e. The number of aromatic nitrogens is 2. The number of aliphatic carboxylic acids is 1. The van der Waals surface area contributed by atoms with Crippen molar-refractivity contribution in [3.63, 3.8) is 0 Å². The first-order valence-electron chi connectivity index (χ1n) is 9.85. The Bertz CT molecular complexity index is 952. The molecule has 2 aliphatic rings. The molecular weight excluding hydrogens is 374 g/mol. The molecule has 0 aliphatic carbocycles. The number of hydrogen-bond donors (Lipinski definition) is 1. The number of nitrogens with zero attached hydrogens (tertiary/aromatic N) is 3. The molecule has 1 N–H and O–H groups in total. The fraction of sp³-hybridized carbons (Fsp3) is 0.476. The molecule has 3 heterocycles. The Hall–Kier alpha value is -3.03. The molecule has 29 heavy (non-hydrogen) atoms. The molecule has 1 unspecified atom stereocenters. The largest absolute Gasteiger partial charge is 0.493 e. The van der Waals surface area contributed by atoms with E-state index in [4.69, 9.17) is 9.47 Å². The summed E-state index contributed by atoms with van der Waals surface area (Å²) in [5.41, 5.74) is 3.32. The fourth-order valence-electron chi connectivity index (χ4n) is 4.41. The zero-order valence-corrected chi connectivity index (χ0v) is 16.7. The summed E-state index contributed by atoms with van der Waals surface area (Å²) in [4.78, 5) is 26.7. The predicted molar refractivity (Wildman–Crippen MR) is 104 cm³/mol. The van der Waals surface area contributed by atoms with Gasteiger partial charge in [-0.1, -0.05) is 0 Å². The number of carbonyl (C=O) groups is 2. The van der Waals surface area contributed by atoms with E-state index < -0.39 is 12.0 Å². The first kappa shape index (κ1) is 19.3. The lowest BCUT2D eigenvalue weighted by atomic mass is 9.89. The van der Waals surface area contributed by atoms with Gasteiger partial charge in [-0.2, -0.15) is 5.10 Å². The van der Waals surface area contributed by atoms with Crippen LogP contribution in [0.5, 0.6) is 11.5 Å². The van der Waals surface area contributed by atoms with Crippen LogP contribution in [0.15, 0.2) is 18.3 Å². The van der Waals surface area contributed by atoms with E-state index in [1.54, 1.807) is 31.4 Å². The summed E-state index contributed by atoms with van der Waals surface area (Å²) in [7, 11) is 3.11. The van der Waals surface area contributed by atoms with Crippen LogP contribution in [0, 0.1) is 0 Å². The van der Waals surface area contributed by atoms with E-state index in [9.17, 15) is 14.7 Å². The maximum atomic E-state index is 13.4. The Kier molecular flexibility index (Phi) is 5.17. The van der Waals surface area contributed by atoms with Crippen molar-refractivity contribution < 1.29 is 24.2 Å². The minimum absolute atomic E-state index is 0.153. The Morgan fingerprint density at radius 3 is 2.62 bits per heavy atom. The van der Waals surface area contributed by atoms with Gasteiger partial charge in [0.05, 0.1) is 44.1 Å². The van der Waals surface area contributed by atoms with E-state index in [1.165, 1.54) is 0 Å². The van der Waals surface area contributed by atoms with Crippen LogP contribution in [0.1, 0.15) is 52.5 Å². The number of carbonyl (C=O) groups excluding carboxylic acids is 1. The number of carboxylic acids is 1. The number of fused-ring (bicyclic) bond motifs is 2. The lowest BCUT2D eigenvalue weighted by Crippen LogP contribution is -2.41. The van der Waals surface area contributed by atoms with Crippen LogP contribution < -0.4 is 9.47 Å². The zero-order valence-electron chi connectivity index (χ0n) is 16.7. The second kappa shape index (κ2) is 7.77. The molecule has 2 aliphatic heterocycles. The molecule has 0 radical (unpaired) electrons. The second-order valence-electron chi connectivity index (χ2n) is 7.45. The van der Waals surface area contributed by atoms with Gasteiger partial charge in [0.25, 0.3) is 5.91 Å². The molecule has 0 fully saturated rings. The summed E-state index contributed by atoms with van der Waals surface area (Å²) in [5.74, 6) is 0.0250. The zero-order chi connectivity index (χ0) is 20.5. The van der Waals surface area contributed by atoms with Crippen LogP contribution in [0.3, 0.4) is 0 Å². The quantitative estimate of drug-likeness (QED) is 0.830. The molecule has 0 saturated heterocycles. The Balaban J connectivity index is 1.73. The Labute approximate surface area is 169 Å². The number of rotatable bonds is 5. The van der Waals surface area contributed by atoms with Crippen molar-refractivity contribution in [3.8, 4) is 11.5 Å². The SMILES string of the molecule is COc1cc2c(cc1OC)C(CC(=O)O)N(C(=O)c1cnn3c1CCCC3)CC2. The third-order valence-corrected chi connectivity index (χ3v) is 5.84. The standard InChI is InChI=1S/C21H25N3O5/c1-28-18-9-13-6-8-23(17(11-20(25)26)14(13)10-19(18)29-2)21(27)15-12-22-24-7-4-3-5-16(15)24/h9-10,12,17H,3-8,11H2,1-2H3,(H,25,26). The third kappa shape index (κ3) is 3.43. The van der Waals surface area contributed by atoms with Crippen molar-refractivity contribution in [2.75, 3.05) is 20.8 Å². The van der Waals surface area contributed by atoms with Crippen molar-refractivity contribution in [1.82, 2.24) is 14.7 Å². The molecule has 2 aromatic rings. The van der Waals surface area contributed by atoms with Gasteiger partial charge < -0.3 is 19.5 Å². The van der Waals surface area contributed by atoms with E-state index in [-0.39, 0.29) is 12.3 Å². The summed E-state index contributed by atoms with van der Waals surface area (Å²) in [5, 5.41) is 13.9. The van der Waals surface area contributed by atoms with Crippen LogP contribution in [-0.2, 0) is 24.2 Å². The lowest BCUT2D eigenvalue weighted by molar-refractivity contribution is -0.138. The van der Waals surface area contributed by atoms with Crippen LogP contribution in [0.2, 0.25) is 0 Å². The molecule has 8 nitrogen and oxygen atoms in total. The molecule has 8 heteroatoms. The molecular formula is C21H25N3O5. The molecule has 0 bridgehead atoms. The van der Waals surface area contributed by atoms with Crippen LogP contribution >= 0.6 is 0 Å². The van der Waals surface area contributed by atoms with Gasteiger partial charge in [0.15, 0.2) is 11.5 Å². The average Bonchev–Trinajstić information content (AvgIpc) is 3.16. The minimum atomic E-state index is -0.951. The molecule has 1 aromatic carbocycles. The summed E-state index contributed by atoms with van der Waals surface area (Å²) >= 11 is 0. The normalized spacial score (nSPS) is 18.0. The number of benzene rings is 1. The number of ether oxygens (including phenoxy) is 2. The van der Waals surface area contributed by atoms with E-state index in [2.05, 4.69) is 5.10 Å². The maximum Gasteiger partial charge on any atom is 0.305 e. The van der Waals surface area contributed by atoms with Gasteiger partial charge in [-0.05, 0) is 48.9 Å². The smallest absolute Gasteiger partial charge is 0.305 e. The monoisotopic (exact) mass is 399 g/mol. The first-order valence-corrected chi connectivity index (χ1v) is 9.85. The van der Waals surface area contributed by atoms with E-state index in [0.29, 0.717) is 30.0 Å². The number of hydrogen-bond acceptors (Lipinski definition) is 5. The van der Waals surface area contributed by atoms with E-state index in [0.717, 1.165) is 42.6 Å². The summed E-state index contributed by atoms with van der Waals surface area (Å²) in [6.07, 6.45) is 5.00. The van der Waals surface area contributed by atoms with Gasteiger partial charge in [-0.15, -0.1) is 0 Å². The Morgan fingerprint density at radius 2 is 1.90 bits per heavy atom. The summed E-state index contributed by atoms with van der Waals surface area (Å²) in [6, 6.07) is 3.11. The van der Waals surface area contributed by atoms with Crippen molar-refractivity contribution >= 4 is 11.9 Å². The molecule has 0 saturated carbocycles. The van der Waals surface area contributed by atoms with Crippen LogP contribution in [0.25, 0.3) is 0 Å².